The molecule has 0 unspecified atom stereocenters. The lowest BCUT2D eigenvalue weighted by molar-refractivity contribution is 1.77. The Morgan fingerprint density at radius 3 is 1.75 bits per heavy atom. The highest BCUT2D eigenvalue weighted by Crippen LogP contribution is 2.76. The molecule has 0 atom stereocenters. The Morgan fingerprint density at radius 2 is 1.50 bits per heavy atom. The standard InChI is InChI=1S/CCl7N2P2/c2-1(9-11(3,4)5)10-12(6,7)8/q+1. The maximum atomic E-state index is 5.38. The summed E-state index contributed by atoms with van der Waals surface area (Å²) in [7, 11) is 0. The fourth-order valence-corrected chi connectivity index (χ4v) is 3.41. The van der Waals surface area contributed by atoms with Crippen LogP contribution in [-0.2, 0) is 0 Å². The van der Waals surface area contributed by atoms with Crippen LogP contribution in [0.2, 0.25) is 0 Å². The van der Waals surface area contributed by atoms with Gasteiger partial charge in [0.15, 0.2) is 33.7 Å². The predicted octanol–water partition coefficient (Wildman–Crippen LogP) is 6.64. The van der Waals surface area contributed by atoms with Crippen LogP contribution in [0.3, 0.4) is 0 Å². The number of nitrogens with zero attached hydrogens (tertiary/aromatic N) is 2. The minimum atomic E-state index is -2.94. The van der Waals surface area contributed by atoms with Crippen molar-refractivity contribution in [3.05, 3.63) is 0 Å². The molecule has 11 heteroatoms. The molecule has 0 aromatic rings. The van der Waals surface area contributed by atoms with E-state index in [2.05, 4.69) is 9.51 Å². The van der Waals surface area contributed by atoms with Crippen molar-refractivity contribution in [2.24, 2.45) is 9.51 Å². The number of hydrogen-bond donors (Lipinski definition) is 0. The van der Waals surface area contributed by atoms with E-state index in [1.165, 1.54) is 0 Å². The zero-order chi connectivity index (χ0) is 9.99. The van der Waals surface area contributed by atoms with Crippen LogP contribution in [0.4, 0.5) is 0 Å². The molecule has 0 N–H and O–H groups in total. The van der Waals surface area contributed by atoms with E-state index < -0.39 is 10.6 Å². The van der Waals surface area contributed by atoms with E-state index in [1.54, 1.807) is 0 Å². The van der Waals surface area contributed by atoms with Gasteiger partial charge in [0.1, 0.15) is 0 Å². The zero-order valence-electron chi connectivity index (χ0n) is 4.93. The summed E-state index contributed by atoms with van der Waals surface area (Å²) in [6.45, 7) is 0. The van der Waals surface area contributed by atoms with Crippen LogP contribution in [0, 0.1) is 0 Å². The normalized spacial score (nSPS) is 14.8. The van der Waals surface area contributed by atoms with Gasteiger partial charge >= 0.3 is 5.47 Å². The Hall–Kier alpha value is 2.36. The second-order valence-electron chi connectivity index (χ2n) is 1.31. The van der Waals surface area contributed by atoms with Gasteiger partial charge in [-0.25, -0.2) is 0 Å². The van der Waals surface area contributed by atoms with E-state index in [0.717, 1.165) is 0 Å². The number of halogens is 7. The number of rotatable bonds is 1. The Bertz CT molecular complexity index is 226. The minimum absolute atomic E-state index is 0.336. The molecule has 0 aliphatic heterocycles. The summed E-state index contributed by atoms with van der Waals surface area (Å²) in [5.74, 6) is 0. The van der Waals surface area contributed by atoms with E-state index in [1.807, 2.05) is 0 Å². The monoisotopic (exact) mass is 347 g/mol. The van der Waals surface area contributed by atoms with Gasteiger partial charge in [0.05, 0.1) is 0 Å². The summed E-state index contributed by atoms with van der Waals surface area (Å²) in [5.41, 5.74) is -2.94. The fourth-order valence-electron chi connectivity index (χ4n) is 0.207. The third-order valence-corrected chi connectivity index (χ3v) is 2.99. The average Bonchev–Trinajstić information content (AvgIpc) is 1.49. The molecule has 0 fully saturated rings. The minimum Gasteiger partial charge on any atom is -0.189 e. The molecule has 12 heavy (non-hydrogen) atoms. The van der Waals surface area contributed by atoms with Gasteiger partial charge in [-0.05, 0) is 50.1 Å². The van der Waals surface area contributed by atoms with E-state index in [9.17, 15) is 0 Å². The van der Waals surface area contributed by atoms with Crippen molar-refractivity contribution in [1.82, 2.24) is 0 Å². The van der Waals surface area contributed by atoms with E-state index in [0.29, 0.717) is 0 Å². The first kappa shape index (κ1) is 14.4. The van der Waals surface area contributed by atoms with Gasteiger partial charge in [0.2, 0.25) is 5.11 Å². The molecular weight excluding hydrogens is 350 g/mol. The van der Waals surface area contributed by atoms with Gasteiger partial charge in [-0.3, -0.25) is 0 Å². The van der Waals surface area contributed by atoms with Gasteiger partial charge in [0, 0.05) is 0 Å². The highest BCUT2D eigenvalue weighted by molar-refractivity contribution is 8.32. The van der Waals surface area contributed by atoms with E-state index >= 15 is 0 Å². The quantitative estimate of drug-likeness (QED) is 0.219. The van der Waals surface area contributed by atoms with E-state index in [4.69, 9.17) is 79.0 Å². The summed E-state index contributed by atoms with van der Waals surface area (Å²) in [6, 6.07) is 0. The lowest BCUT2D eigenvalue weighted by atomic mass is 11.4. The van der Waals surface area contributed by atoms with Gasteiger partial charge in [-0.15, -0.1) is 0 Å². The molecule has 0 aliphatic carbocycles. The van der Waals surface area contributed by atoms with Gasteiger partial charge in [-0.1, -0.05) is 0 Å². The molecule has 0 amide bonds. The smallest absolute Gasteiger partial charge is 0.189 e. The summed E-state index contributed by atoms with van der Waals surface area (Å²) < 4.78 is 6.78. The van der Waals surface area contributed by atoms with Crippen LogP contribution in [0.25, 0.3) is 0 Å². The summed E-state index contributed by atoms with van der Waals surface area (Å²) in [5, 5.41) is -3.27. The van der Waals surface area contributed by atoms with Gasteiger partial charge in [-0.2, -0.15) is 4.74 Å². The topological polar surface area (TPSA) is 24.7 Å². The molecule has 0 rings (SSSR count). The van der Waals surface area contributed by atoms with Gasteiger partial charge < -0.3 is 0 Å². The lowest BCUT2D eigenvalue weighted by Crippen LogP contribution is -1.74. The molecule has 0 aliphatic rings. The Kier molecular flexibility index (Phi) is 6.52. The van der Waals surface area contributed by atoms with Crippen LogP contribution in [0.5, 0.6) is 0 Å². The number of amidine groups is 1. The van der Waals surface area contributed by atoms with Crippen molar-refractivity contribution < 1.29 is 0 Å². The summed E-state index contributed by atoms with van der Waals surface area (Å²) in [6.07, 6.45) is 0. The van der Waals surface area contributed by atoms with E-state index in [-0.39, 0.29) is 5.29 Å². The summed E-state index contributed by atoms with van der Waals surface area (Å²) in [4.78, 5) is 0. The van der Waals surface area contributed by atoms with Crippen LogP contribution < -0.4 is 0 Å². The molecule has 72 valence electrons. The first-order valence-corrected chi connectivity index (χ1v) is 11.3. The highest BCUT2D eigenvalue weighted by Gasteiger charge is 2.33. The Labute approximate surface area is 104 Å². The largest absolute Gasteiger partial charge is 0.424 e. The molecule has 0 heterocycles. The lowest BCUT2D eigenvalue weighted by Gasteiger charge is -1.94. The van der Waals surface area contributed by atoms with Crippen molar-refractivity contribution in [2.45, 2.75) is 0 Å². The number of hydrogen-bond acceptors (Lipinski definition) is 1. The SMILES string of the molecule is ClC(=N[P+](Cl)(Cl)Cl)N=P(Cl)(Cl)Cl. The molecule has 0 aromatic carbocycles. The zero-order valence-corrected chi connectivity index (χ0v) is 12.0. The highest BCUT2D eigenvalue weighted by atomic mass is 36.1. The van der Waals surface area contributed by atoms with Crippen LogP contribution in [0.1, 0.15) is 0 Å². The van der Waals surface area contributed by atoms with Crippen molar-refractivity contribution >= 4 is 94.9 Å². The third-order valence-electron chi connectivity index (χ3n) is 0.392. The van der Waals surface area contributed by atoms with Crippen LogP contribution in [-0.4, -0.2) is 5.29 Å². The van der Waals surface area contributed by atoms with Gasteiger partial charge in [0.25, 0.3) is 5.29 Å². The molecule has 0 bridgehead atoms. The second-order valence-corrected chi connectivity index (χ2v) is 15.6. The maximum absolute atomic E-state index is 5.38. The predicted molar refractivity (Wildman–Crippen MR) is 64.7 cm³/mol. The Morgan fingerprint density at radius 1 is 1.08 bits per heavy atom. The fraction of sp³-hybridized carbons (Fsp3) is 0. The first-order valence-electron chi connectivity index (χ1n) is 2.05. The maximum Gasteiger partial charge on any atom is 0.424 e. The van der Waals surface area contributed by atoms with Crippen molar-refractivity contribution in [3.8, 4) is 0 Å². The molecule has 0 radical (unpaired) electrons. The van der Waals surface area contributed by atoms with Crippen molar-refractivity contribution in [1.29, 1.82) is 0 Å². The molecule has 0 saturated heterocycles. The van der Waals surface area contributed by atoms with Crippen LogP contribution >= 0.6 is 89.6 Å². The molecule has 2 nitrogen and oxygen atoms in total. The second kappa shape index (κ2) is 5.45. The molecule has 0 saturated carbocycles. The Balaban J connectivity index is 4.65. The van der Waals surface area contributed by atoms with Crippen LogP contribution in [0.15, 0.2) is 9.51 Å². The summed E-state index contributed by atoms with van der Waals surface area (Å²) >= 11 is 37.5. The van der Waals surface area contributed by atoms with Crippen molar-refractivity contribution in [2.75, 3.05) is 0 Å². The molecular formula is CCl7N2P2+. The van der Waals surface area contributed by atoms with Crippen molar-refractivity contribution in [3.63, 3.8) is 0 Å². The first-order chi connectivity index (χ1) is 5.10. The molecule has 0 aromatic heterocycles. The third kappa shape index (κ3) is 10.4. The molecule has 0 spiro atoms. The average molecular weight is 350 g/mol.